The van der Waals surface area contributed by atoms with E-state index in [4.69, 9.17) is 9.15 Å². The van der Waals surface area contributed by atoms with Gasteiger partial charge in [0, 0.05) is 38.2 Å². The Balaban J connectivity index is 1.52. The second-order valence-corrected chi connectivity index (χ2v) is 7.46. The molecule has 1 aromatic heterocycles. The van der Waals surface area contributed by atoms with Gasteiger partial charge in [-0.05, 0) is 25.2 Å². The van der Waals surface area contributed by atoms with Crippen LogP contribution in [0.5, 0.6) is 0 Å². The zero-order valence-corrected chi connectivity index (χ0v) is 15.0. The van der Waals surface area contributed by atoms with Gasteiger partial charge in [0.05, 0.1) is 6.10 Å². The Morgan fingerprint density at radius 1 is 1.46 bits per heavy atom. The lowest BCUT2D eigenvalue weighted by molar-refractivity contribution is 0.0497. The molecule has 24 heavy (non-hydrogen) atoms. The number of nitrogens with zero attached hydrogens (tertiary/aromatic N) is 2. The summed E-state index contributed by atoms with van der Waals surface area (Å²) in [6, 6.07) is 0.190. The van der Waals surface area contributed by atoms with Crippen molar-refractivity contribution in [3.8, 4) is 0 Å². The van der Waals surface area contributed by atoms with Crippen molar-refractivity contribution in [2.24, 2.45) is 5.92 Å². The standard InChI is InChI=1S/C18H29N3O3/c1-12(2)17-16(19-11-24-17)18(22)20-15-6-7-21(9-13(15)3)10-14-5-4-8-23-14/h11-15H,4-10H2,1-3H3,(H,20,22). The first-order chi connectivity index (χ1) is 11.5. The molecule has 0 saturated carbocycles. The first-order valence-corrected chi connectivity index (χ1v) is 9.12. The van der Waals surface area contributed by atoms with Crippen molar-refractivity contribution in [2.75, 3.05) is 26.2 Å². The molecular weight excluding hydrogens is 306 g/mol. The lowest BCUT2D eigenvalue weighted by atomic mass is 9.93. The number of aromatic nitrogens is 1. The number of oxazole rings is 1. The van der Waals surface area contributed by atoms with Gasteiger partial charge in [-0.3, -0.25) is 4.79 Å². The van der Waals surface area contributed by atoms with Gasteiger partial charge in [-0.15, -0.1) is 0 Å². The fourth-order valence-corrected chi connectivity index (χ4v) is 3.76. The van der Waals surface area contributed by atoms with Crippen molar-refractivity contribution >= 4 is 5.91 Å². The molecule has 1 aromatic rings. The quantitative estimate of drug-likeness (QED) is 0.895. The summed E-state index contributed by atoms with van der Waals surface area (Å²) in [5.41, 5.74) is 0.430. The highest BCUT2D eigenvalue weighted by Gasteiger charge is 2.30. The third-order valence-electron chi connectivity index (χ3n) is 5.13. The molecule has 0 radical (unpaired) electrons. The third-order valence-corrected chi connectivity index (χ3v) is 5.13. The van der Waals surface area contributed by atoms with E-state index in [0.29, 0.717) is 23.5 Å². The molecule has 134 valence electrons. The molecule has 3 atom stereocenters. The molecule has 1 N–H and O–H groups in total. The molecule has 0 spiro atoms. The molecule has 3 unspecified atom stereocenters. The summed E-state index contributed by atoms with van der Waals surface area (Å²) in [5, 5.41) is 3.16. The van der Waals surface area contributed by atoms with Crippen molar-refractivity contribution in [3.05, 3.63) is 17.8 Å². The molecule has 2 saturated heterocycles. The van der Waals surface area contributed by atoms with Crippen LogP contribution < -0.4 is 5.32 Å². The maximum Gasteiger partial charge on any atom is 0.273 e. The number of carbonyl (C=O) groups is 1. The monoisotopic (exact) mass is 335 g/mol. The second kappa shape index (κ2) is 7.66. The number of carbonyl (C=O) groups excluding carboxylic acids is 1. The van der Waals surface area contributed by atoms with Crippen molar-refractivity contribution in [3.63, 3.8) is 0 Å². The number of nitrogens with one attached hydrogen (secondary N) is 1. The number of ether oxygens (including phenoxy) is 1. The van der Waals surface area contributed by atoms with E-state index in [1.165, 1.54) is 19.2 Å². The average Bonchev–Trinajstić information content (AvgIpc) is 3.21. The molecule has 2 aliphatic rings. The minimum Gasteiger partial charge on any atom is -0.447 e. The SMILES string of the molecule is CC(C)c1ocnc1C(=O)NC1CCN(CC2CCCO2)CC1C. The summed E-state index contributed by atoms with van der Waals surface area (Å²) >= 11 is 0. The smallest absolute Gasteiger partial charge is 0.273 e. The van der Waals surface area contributed by atoms with E-state index in [1.807, 2.05) is 13.8 Å². The summed E-state index contributed by atoms with van der Waals surface area (Å²) in [6.07, 6.45) is 5.08. The van der Waals surface area contributed by atoms with E-state index in [9.17, 15) is 4.79 Å². The summed E-state index contributed by atoms with van der Waals surface area (Å²) in [6.45, 7) is 10.1. The first kappa shape index (κ1) is 17.4. The summed E-state index contributed by atoms with van der Waals surface area (Å²) in [4.78, 5) is 19.1. The molecule has 3 heterocycles. The minimum atomic E-state index is -0.114. The summed E-state index contributed by atoms with van der Waals surface area (Å²) in [5.74, 6) is 1.12. The number of likely N-dealkylation sites (tertiary alicyclic amines) is 1. The molecule has 6 nitrogen and oxygen atoms in total. The minimum absolute atomic E-state index is 0.114. The Kier molecular flexibility index (Phi) is 5.56. The third kappa shape index (κ3) is 3.98. The van der Waals surface area contributed by atoms with Gasteiger partial charge in [0.15, 0.2) is 12.1 Å². The zero-order valence-electron chi connectivity index (χ0n) is 15.0. The van der Waals surface area contributed by atoms with E-state index >= 15 is 0 Å². The molecular formula is C18H29N3O3. The molecule has 3 rings (SSSR count). The van der Waals surface area contributed by atoms with Gasteiger partial charge in [0.2, 0.25) is 0 Å². The normalized spacial score (nSPS) is 28.4. The second-order valence-electron chi connectivity index (χ2n) is 7.46. The van der Waals surface area contributed by atoms with Crippen molar-refractivity contribution in [1.82, 2.24) is 15.2 Å². The first-order valence-electron chi connectivity index (χ1n) is 9.12. The molecule has 0 aliphatic carbocycles. The van der Waals surface area contributed by atoms with Crippen LogP contribution in [0, 0.1) is 5.92 Å². The predicted octanol–water partition coefficient (Wildman–Crippen LogP) is 2.42. The number of hydrogen-bond donors (Lipinski definition) is 1. The van der Waals surface area contributed by atoms with Crippen molar-refractivity contribution in [2.45, 2.75) is 58.1 Å². The fraction of sp³-hybridized carbons (Fsp3) is 0.778. The lowest BCUT2D eigenvalue weighted by Gasteiger charge is -2.38. The van der Waals surface area contributed by atoms with Gasteiger partial charge in [-0.25, -0.2) is 4.98 Å². The molecule has 2 aliphatic heterocycles. The van der Waals surface area contributed by atoms with E-state index in [-0.39, 0.29) is 17.9 Å². The maximum absolute atomic E-state index is 12.5. The van der Waals surface area contributed by atoms with Gasteiger partial charge in [0.25, 0.3) is 5.91 Å². The number of amides is 1. The van der Waals surface area contributed by atoms with Crippen LogP contribution in [0.3, 0.4) is 0 Å². The highest BCUT2D eigenvalue weighted by Crippen LogP contribution is 2.22. The van der Waals surface area contributed by atoms with E-state index in [0.717, 1.165) is 32.7 Å². The maximum atomic E-state index is 12.5. The van der Waals surface area contributed by atoms with Gasteiger partial charge >= 0.3 is 0 Å². The molecule has 0 bridgehead atoms. The topological polar surface area (TPSA) is 67.6 Å². The largest absolute Gasteiger partial charge is 0.447 e. The molecule has 0 aromatic carbocycles. The average molecular weight is 335 g/mol. The van der Waals surface area contributed by atoms with Crippen LogP contribution in [0.25, 0.3) is 0 Å². The van der Waals surface area contributed by atoms with Crippen LogP contribution in [0.15, 0.2) is 10.8 Å². The van der Waals surface area contributed by atoms with Crippen LogP contribution in [0.1, 0.15) is 62.2 Å². The Morgan fingerprint density at radius 3 is 2.96 bits per heavy atom. The van der Waals surface area contributed by atoms with Crippen LogP contribution in [0.2, 0.25) is 0 Å². The van der Waals surface area contributed by atoms with Crippen LogP contribution in [0.4, 0.5) is 0 Å². The van der Waals surface area contributed by atoms with Crippen molar-refractivity contribution in [1.29, 1.82) is 0 Å². The Labute approximate surface area is 143 Å². The molecule has 1 amide bonds. The highest BCUT2D eigenvalue weighted by molar-refractivity contribution is 5.93. The number of piperidine rings is 1. The van der Waals surface area contributed by atoms with E-state index in [2.05, 4.69) is 22.1 Å². The van der Waals surface area contributed by atoms with Crippen LogP contribution in [-0.2, 0) is 4.74 Å². The van der Waals surface area contributed by atoms with E-state index in [1.54, 1.807) is 0 Å². The zero-order chi connectivity index (χ0) is 17.1. The predicted molar refractivity (Wildman–Crippen MR) is 91.0 cm³/mol. The number of hydrogen-bond acceptors (Lipinski definition) is 5. The molecule has 2 fully saturated rings. The van der Waals surface area contributed by atoms with Crippen LogP contribution in [-0.4, -0.2) is 54.2 Å². The highest BCUT2D eigenvalue weighted by atomic mass is 16.5. The van der Waals surface area contributed by atoms with Gasteiger partial charge in [-0.2, -0.15) is 0 Å². The van der Waals surface area contributed by atoms with Crippen LogP contribution >= 0.6 is 0 Å². The van der Waals surface area contributed by atoms with Gasteiger partial charge in [-0.1, -0.05) is 20.8 Å². The summed E-state index contributed by atoms with van der Waals surface area (Å²) < 4.78 is 11.1. The van der Waals surface area contributed by atoms with Crippen molar-refractivity contribution < 1.29 is 13.9 Å². The van der Waals surface area contributed by atoms with Gasteiger partial charge < -0.3 is 19.4 Å². The lowest BCUT2D eigenvalue weighted by Crippen LogP contribution is -2.51. The van der Waals surface area contributed by atoms with Gasteiger partial charge in [0.1, 0.15) is 5.76 Å². The Morgan fingerprint density at radius 2 is 2.29 bits per heavy atom. The Hall–Kier alpha value is -1.40. The summed E-state index contributed by atoms with van der Waals surface area (Å²) in [7, 11) is 0. The van der Waals surface area contributed by atoms with E-state index < -0.39 is 0 Å². The Bertz CT molecular complexity index is 551. The molecule has 6 heteroatoms. The number of rotatable bonds is 5. The fourth-order valence-electron chi connectivity index (χ4n) is 3.76.